The lowest BCUT2D eigenvalue weighted by Crippen LogP contribution is -2.33. The Morgan fingerprint density at radius 3 is 2.21 bits per heavy atom. The Balaban J connectivity index is 2.14. The molecule has 0 unspecified atom stereocenters. The number of hydrogen-bond donors (Lipinski definition) is 0. The van der Waals surface area contributed by atoms with Crippen LogP contribution in [-0.4, -0.2) is 15.5 Å². The van der Waals surface area contributed by atoms with E-state index in [0.29, 0.717) is 16.5 Å². The molecule has 0 N–H and O–H groups in total. The summed E-state index contributed by atoms with van der Waals surface area (Å²) in [5.74, 6) is 0.674. The zero-order valence-corrected chi connectivity index (χ0v) is 17.5. The van der Waals surface area contributed by atoms with E-state index in [2.05, 4.69) is 0 Å². The molecule has 0 aliphatic carbocycles. The summed E-state index contributed by atoms with van der Waals surface area (Å²) in [6.45, 7) is 3.78. The lowest BCUT2D eigenvalue weighted by Gasteiger charge is -2.31. The molecular formula is C22H22ClNO3S. The van der Waals surface area contributed by atoms with Crippen molar-refractivity contribution in [1.82, 2.24) is 0 Å². The lowest BCUT2D eigenvalue weighted by molar-refractivity contribution is 0.414. The van der Waals surface area contributed by atoms with E-state index in [1.807, 2.05) is 38.1 Å². The summed E-state index contributed by atoms with van der Waals surface area (Å²) in [4.78, 5) is 0.239. The van der Waals surface area contributed by atoms with Crippen LogP contribution in [0, 0.1) is 6.92 Å². The third kappa shape index (κ3) is 4.16. The van der Waals surface area contributed by atoms with Crippen molar-refractivity contribution in [3.05, 3.63) is 88.9 Å². The van der Waals surface area contributed by atoms with Crippen LogP contribution in [0.3, 0.4) is 0 Å². The van der Waals surface area contributed by atoms with Crippen molar-refractivity contribution in [2.45, 2.75) is 24.8 Å². The molecule has 0 saturated heterocycles. The van der Waals surface area contributed by atoms with Gasteiger partial charge in [0.1, 0.15) is 5.75 Å². The average Bonchev–Trinajstić information content (AvgIpc) is 2.70. The van der Waals surface area contributed by atoms with Crippen molar-refractivity contribution in [1.29, 1.82) is 0 Å². The SMILES string of the molecule is COc1cccc([C@@H](C)N(c2ccc(Cl)cc2)S(=O)(=O)c2ccc(C)cc2)c1. The first-order chi connectivity index (χ1) is 13.3. The second kappa shape index (κ2) is 8.25. The van der Waals surface area contributed by atoms with Gasteiger partial charge in [0.2, 0.25) is 0 Å². The van der Waals surface area contributed by atoms with Gasteiger partial charge in [-0.3, -0.25) is 4.31 Å². The zero-order chi connectivity index (χ0) is 20.3. The van der Waals surface area contributed by atoms with E-state index in [4.69, 9.17) is 16.3 Å². The molecule has 0 fully saturated rings. The predicted octanol–water partition coefficient (Wildman–Crippen LogP) is 5.61. The number of aryl methyl sites for hydroxylation is 1. The minimum absolute atomic E-state index is 0.239. The van der Waals surface area contributed by atoms with Crippen LogP contribution in [0.25, 0.3) is 0 Å². The summed E-state index contributed by atoms with van der Waals surface area (Å²) < 4.78 is 33.8. The number of nitrogens with zero attached hydrogens (tertiary/aromatic N) is 1. The molecule has 0 saturated carbocycles. The maximum atomic E-state index is 13.6. The van der Waals surface area contributed by atoms with E-state index >= 15 is 0 Å². The van der Waals surface area contributed by atoms with Gasteiger partial charge in [-0.05, 0) is 67.9 Å². The Kier molecular flexibility index (Phi) is 5.96. The number of sulfonamides is 1. The second-order valence-electron chi connectivity index (χ2n) is 6.54. The maximum Gasteiger partial charge on any atom is 0.264 e. The van der Waals surface area contributed by atoms with Crippen molar-refractivity contribution < 1.29 is 13.2 Å². The number of rotatable bonds is 6. The monoisotopic (exact) mass is 415 g/mol. The Hall–Kier alpha value is -2.50. The highest BCUT2D eigenvalue weighted by atomic mass is 35.5. The highest BCUT2D eigenvalue weighted by Crippen LogP contribution is 2.34. The number of ether oxygens (including phenoxy) is 1. The molecule has 0 spiro atoms. The molecule has 0 aliphatic rings. The third-order valence-corrected chi connectivity index (χ3v) is 6.75. The van der Waals surface area contributed by atoms with E-state index in [0.717, 1.165) is 11.1 Å². The summed E-state index contributed by atoms with van der Waals surface area (Å²) in [5, 5.41) is 0.547. The fourth-order valence-electron chi connectivity index (χ4n) is 3.02. The minimum Gasteiger partial charge on any atom is -0.497 e. The summed E-state index contributed by atoms with van der Waals surface area (Å²) in [6, 6.07) is 20.6. The third-order valence-electron chi connectivity index (χ3n) is 4.59. The molecule has 0 radical (unpaired) electrons. The standard InChI is InChI=1S/C22H22ClNO3S/c1-16-7-13-22(14-8-16)28(25,26)24(20-11-9-19(23)10-12-20)17(2)18-5-4-6-21(15-18)27-3/h4-15,17H,1-3H3/t17-/m1/s1. The van der Waals surface area contributed by atoms with Crippen LogP contribution in [0.1, 0.15) is 24.1 Å². The molecule has 0 aliphatic heterocycles. The maximum absolute atomic E-state index is 13.6. The number of methoxy groups -OCH3 is 1. The molecule has 3 aromatic carbocycles. The van der Waals surface area contributed by atoms with Gasteiger partial charge in [-0.2, -0.15) is 0 Å². The van der Waals surface area contributed by atoms with E-state index in [-0.39, 0.29) is 4.90 Å². The van der Waals surface area contributed by atoms with Gasteiger partial charge < -0.3 is 4.74 Å². The van der Waals surface area contributed by atoms with Gasteiger partial charge in [-0.15, -0.1) is 0 Å². The largest absolute Gasteiger partial charge is 0.497 e. The van der Waals surface area contributed by atoms with Gasteiger partial charge in [0.05, 0.1) is 23.7 Å². The fraction of sp³-hybridized carbons (Fsp3) is 0.182. The van der Waals surface area contributed by atoms with Crippen molar-refractivity contribution >= 4 is 27.3 Å². The van der Waals surface area contributed by atoms with Crippen LogP contribution in [0.4, 0.5) is 5.69 Å². The Morgan fingerprint density at radius 2 is 1.61 bits per heavy atom. The van der Waals surface area contributed by atoms with Crippen LogP contribution in [0.15, 0.2) is 77.7 Å². The van der Waals surface area contributed by atoms with Gasteiger partial charge in [0, 0.05) is 5.02 Å². The Bertz CT molecular complexity index is 1050. The molecule has 146 valence electrons. The molecule has 0 aromatic heterocycles. The molecule has 3 rings (SSSR count). The first kappa shape index (κ1) is 20.2. The first-order valence-corrected chi connectivity index (χ1v) is 10.7. The van der Waals surface area contributed by atoms with E-state index in [1.54, 1.807) is 55.6 Å². The number of hydrogen-bond acceptors (Lipinski definition) is 3. The van der Waals surface area contributed by atoms with Crippen molar-refractivity contribution in [2.24, 2.45) is 0 Å². The summed E-state index contributed by atoms with van der Waals surface area (Å²) in [7, 11) is -2.21. The highest BCUT2D eigenvalue weighted by molar-refractivity contribution is 7.92. The van der Waals surface area contributed by atoms with Gasteiger partial charge in [0.15, 0.2) is 0 Å². The number of anilines is 1. The molecule has 1 atom stereocenters. The quantitative estimate of drug-likeness (QED) is 0.525. The Morgan fingerprint density at radius 1 is 0.964 bits per heavy atom. The Labute approximate surface area is 171 Å². The van der Waals surface area contributed by atoms with Crippen LogP contribution in [-0.2, 0) is 10.0 Å². The van der Waals surface area contributed by atoms with Crippen LogP contribution in [0.5, 0.6) is 5.75 Å². The van der Waals surface area contributed by atoms with Crippen LogP contribution in [0.2, 0.25) is 5.02 Å². The minimum atomic E-state index is -3.80. The summed E-state index contributed by atoms with van der Waals surface area (Å²) in [5.41, 5.74) is 2.36. The molecule has 28 heavy (non-hydrogen) atoms. The first-order valence-electron chi connectivity index (χ1n) is 8.83. The van der Waals surface area contributed by atoms with Gasteiger partial charge in [-0.25, -0.2) is 8.42 Å². The summed E-state index contributed by atoms with van der Waals surface area (Å²) >= 11 is 6.02. The molecule has 3 aromatic rings. The molecule has 0 heterocycles. The number of benzene rings is 3. The van der Waals surface area contributed by atoms with Gasteiger partial charge in [0.25, 0.3) is 10.0 Å². The topological polar surface area (TPSA) is 46.6 Å². The van der Waals surface area contributed by atoms with E-state index in [9.17, 15) is 8.42 Å². The lowest BCUT2D eigenvalue weighted by atomic mass is 10.1. The number of halogens is 1. The van der Waals surface area contributed by atoms with E-state index < -0.39 is 16.1 Å². The summed E-state index contributed by atoms with van der Waals surface area (Å²) in [6.07, 6.45) is 0. The van der Waals surface area contributed by atoms with Crippen LogP contribution < -0.4 is 9.04 Å². The highest BCUT2D eigenvalue weighted by Gasteiger charge is 2.30. The smallest absolute Gasteiger partial charge is 0.264 e. The molecule has 0 bridgehead atoms. The molecular weight excluding hydrogens is 394 g/mol. The predicted molar refractivity (Wildman–Crippen MR) is 114 cm³/mol. The second-order valence-corrected chi connectivity index (χ2v) is 8.79. The normalized spacial score (nSPS) is 12.4. The van der Waals surface area contributed by atoms with Gasteiger partial charge in [-0.1, -0.05) is 41.4 Å². The molecule has 6 heteroatoms. The molecule has 0 amide bonds. The van der Waals surface area contributed by atoms with Gasteiger partial charge >= 0.3 is 0 Å². The zero-order valence-electron chi connectivity index (χ0n) is 16.0. The van der Waals surface area contributed by atoms with Crippen molar-refractivity contribution in [2.75, 3.05) is 11.4 Å². The average molecular weight is 416 g/mol. The van der Waals surface area contributed by atoms with Crippen molar-refractivity contribution in [3.63, 3.8) is 0 Å². The van der Waals surface area contributed by atoms with E-state index in [1.165, 1.54) is 4.31 Å². The van der Waals surface area contributed by atoms with Crippen molar-refractivity contribution in [3.8, 4) is 5.75 Å². The van der Waals surface area contributed by atoms with Crippen LogP contribution >= 0.6 is 11.6 Å². The molecule has 4 nitrogen and oxygen atoms in total. The fourth-order valence-corrected chi connectivity index (χ4v) is 4.79.